The van der Waals surface area contributed by atoms with E-state index in [2.05, 4.69) is 5.32 Å². The van der Waals surface area contributed by atoms with Crippen LogP contribution in [0.2, 0.25) is 0 Å². The summed E-state index contributed by atoms with van der Waals surface area (Å²) in [6.45, 7) is 1.81. The number of methoxy groups -OCH3 is 1. The van der Waals surface area contributed by atoms with Gasteiger partial charge >= 0.3 is 0 Å². The van der Waals surface area contributed by atoms with Crippen molar-refractivity contribution in [1.29, 1.82) is 0 Å². The molecule has 5 heteroatoms. The average Bonchev–Trinajstić information content (AvgIpc) is 2.71. The summed E-state index contributed by atoms with van der Waals surface area (Å²) in [6, 6.07) is 0. The molecule has 1 N–H and O–H groups in total. The Morgan fingerprint density at radius 1 is 1.35 bits per heavy atom. The molecule has 2 aliphatic rings. The fraction of sp³-hybridized carbons (Fsp3) is 1.00. The summed E-state index contributed by atoms with van der Waals surface area (Å²) in [6.07, 6.45) is 5.08. The van der Waals surface area contributed by atoms with Crippen molar-refractivity contribution in [3.63, 3.8) is 0 Å². The number of rotatable bonds is 4. The highest BCUT2D eigenvalue weighted by atomic mass is 32.2. The largest absolute Gasteiger partial charge is 0.383 e. The van der Waals surface area contributed by atoms with E-state index in [1.54, 1.807) is 7.11 Å². The maximum absolute atomic E-state index is 11.4. The third kappa shape index (κ3) is 3.42. The first-order chi connectivity index (χ1) is 8.05. The zero-order chi connectivity index (χ0) is 12.4. The molecule has 100 valence electrons. The van der Waals surface area contributed by atoms with E-state index in [0.717, 1.165) is 38.8 Å². The lowest BCUT2D eigenvalue weighted by Crippen LogP contribution is -2.46. The third-order valence-corrected chi connectivity index (χ3v) is 5.82. The van der Waals surface area contributed by atoms with E-state index in [1.807, 2.05) is 0 Å². The lowest BCUT2D eigenvalue weighted by molar-refractivity contribution is 0.101. The molecular weight excluding hydrogens is 238 g/mol. The van der Waals surface area contributed by atoms with Crippen molar-refractivity contribution in [1.82, 2.24) is 5.32 Å². The van der Waals surface area contributed by atoms with Gasteiger partial charge in [-0.15, -0.1) is 0 Å². The zero-order valence-corrected chi connectivity index (χ0v) is 11.4. The van der Waals surface area contributed by atoms with Crippen molar-refractivity contribution in [2.45, 2.75) is 37.6 Å². The van der Waals surface area contributed by atoms with Gasteiger partial charge < -0.3 is 10.1 Å². The number of sulfone groups is 1. The Kier molecular flexibility index (Phi) is 4.10. The molecule has 0 bridgehead atoms. The van der Waals surface area contributed by atoms with Gasteiger partial charge in [-0.25, -0.2) is 8.42 Å². The highest BCUT2D eigenvalue weighted by molar-refractivity contribution is 7.91. The summed E-state index contributed by atoms with van der Waals surface area (Å²) in [7, 11) is -0.990. The van der Waals surface area contributed by atoms with Gasteiger partial charge in [0, 0.05) is 12.6 Å². The first-order valence-corrected chi connectivity index (χ1v) is 8.32. The van der Waals surface area contributed by atoms with Crippen LogP contribution in [-0.2, 0) is 14.6 Å². The van der Waals surface area contributed by atoms with E-state index in [-0.39, 0.29) is 5.54 Å². The lowest BCUT2D eigenvalue weighted by atomic mass is 9.84. The van der Waals surface area contributed by atoms with Crippen LogP contribution in [0.4, 0.5) is 0 Å². The standard InChI is InChI=1S/C12H23NO3S/c1-16-10-12(5-2-6-13-12)9-11-3-7-17(14,15)8-4-11/h11,13H,2-10H2,1H3. The number of ether oxygens (including phenoxy) is 1. The molecular formula is C12H23NO3S. The molecule has 1 atom stereocenters. The Morgan fingerprint density at radius 2 is 2.06 bits per heavy atom. The Balaban J connectivity index is 1.91. The molecule has 0 aliphatic carbocycles. The van der Waals surface area contributed by atoms with Crippen LogP contribution >= 0.6 is 0 Å². The van der Waals surface area contributed by atoms with Crippen LogP contribution in [0, 0.1) is 5.92 Å². The van der Waals surface area contributed by atoms with E-state index in [9.17, 15) is 8.42 Å². The normalized spacial score (nSPS) is 33.9. The van der Waals surface area contributed by atoms with Gasteiger partial charge in [-0.05, 0) is 44.6 Å². The summed E-state index contributed by atoms with van der Waals surface area (Å²) in [4.78, 5) is 0. The minimum absolute atomic E-state index is 0.112. The summed E-state index contributed by atoms with van der Waals surface area (Å²) < 4.78 is 28.1. The molecule has 0 saturated carbocycles. The van der Waals surface area contributed by atoms with Crippen molar-refractivity contribution in [2.24, 2.45) is 5.92 Å². The van der Waals surface area contributed by atoms with Crippen molar-refractivity contribution in [3.05, 3.63) is 0 Å². The molecule has 0 amide bonds. The highest BCUT2D eigenvalue weighted by Crippen LogP contribution is 2.32. The van der Waals surface area contributed by atoms with Gasteiger partial charge in [0.25, 0.3) is 0 Å². The molecule has 2 fully saturated rings. The van der Waals surface area contributed by atoms with E-state index in [1.165, 1.54) is 6.42 Å². The molecule has 2 heterocycles. The highest BCUT2D eigenvalue weighted by Gasteiger charge is 2.37. The van der Waals surface area contributed by atoms with Gasteiger partial charge in [0.1, 0.15) is 9.84 Å². The monoisotopic (exact) mass is 261 g/mol. The Morgan fingerprint density at radius 3 is 2.59 bits per heavy atom. The topological polar surface area (TPSA) is 55.4 Å². The van der Waals surface area contributed by atoms with Crippen molar-refractivity contribution in [2.75, 3.05) is 31.8 Å². The summed E-state index contributed by atoms with van der Waals surface area (Å²) in [5, 5.41) is 3.56. The lowest BCUT2D eigenvalue weighted by Gasteiger charge is -2.34. The quantitative estimate of drug-likeness (QED) is 0.819. The summed E-state index contributed by atoms with van der Waals surface area (Å²) in [5.74, 6) is 1.29. The molecule has 2 rings (SSSR count). The maximum Gasteiger partial charge on any atom is 0.150 e. The van der Waals surface area contributed by atoms with Crippen LogP contribution in [0.15, 0.2) is 0 Å². The van der Waals surface area contributed by atoms with Crippen LogP contribution in [0.5, 0.6) is 0 Å². The average molecular weight is 261 g/mol. The van der Waals surface area contributed by atoms with Crippen LogP contribution < -0.4 is 5.32 Å². The smallest absolute Gasteiger partial charge is 0.150 e. The molecule has 1 unspecified atom stereocenters. The SMILES string of the molecule is COCC1(CC2CCS(=O)(=O)CC2)CCCN1. The second kappa shape index (κ2) is 5.24. The van der Waals surface area contributed by atoms with Gasteiger partial charge in [-0.2, -0.15) is 0 Å². The molecule has 4 nitrogen and oxygen atoms in total. The summed E-state index contributed by atoms with van der Waals surface area (Å²) >= 11 is 0. The fourth-order valence-corrected chi connectivity index (χ4v) is 4.79. The second-order valence-corrected chi connectivity index (χ2v) is 7.85. The van der Waals surface area contributed by atoms with Crippen LogP contribution in [-0.4, -0.2) is 45.7 Å². The Labute approximate surface area is 104 Å². The van der Waals surface area contributed by atoms with E-state index >= 15 is 0 Å². The van der Waals surface area contributed by atoms with Crippen LogP contribution in [0.1, 0.15) is 32.1 Å². The van der Waals surface area contributed by atoms with Gasteiger partial charge in [0.15, 0.2) is 0 Å². The van der Waals surface area contributed by atoms with Crippen molar-refractivity contribution >= 4 is 9.84 Å². The second-order valence-electron chi connectivity index (χ2n) is 5.54. The molecule has 2 saturated heterocycles. The Bertz CT molecular complexity index is 333. The minimum atomic E-state index is -2.73. The summed E-state index contributed by atoms with van der Waals surface area (Å²) in [5.41, 5.74) is 0.112. The van der Waals surface area contributed by atoms with E-state index < -0.39 is 9.84 Å². The maximum atomic E-state index is 11.4. The predicted molar refractivity (Wildman–Crippen MR) is 67.8 cm³/mol. The molecule has 0 aromatic carbocycles. The van der Waals surface area contributed by atoms with Gasteiger partial charge in [-0.1, -0.05) is 0 Å². The molecule has 0 aromatic rings. The third-order valence-electron chi connectivity index (χ3n) is 4.11. The fourth-order valence-electron chi connectivity index (χ4n) is 3.20. The number of hydrogen-bond acceptors (Lipinski definition) is 4. The van der Waals surface area contributed by atoms with Gasteiger partial charge in [-0.3, -0.25) is 0 Å². The number of nitrogens with one attached hydrogen (secondary N) is 1. The Hall–Kier alpha value is -0.130. The van der Waals surface area contributed by atoms with Crippen LogP contribution in [0.25, 0.3) is 0 Å². The molecule has 0 radical (unpaired) electrons. The van der Waals surface area contributed by atoms with E-state index in [4.69, 9.17) is 4.74 Å². The minimum Gasteiger partial charge on any atom is -0.383 e. The number of hydrogen-bond donors (Lipinski definition) is 1. The van der Waals surface area contributed by atoms with Gasteiger partial charge in [0.2, 0.25) is 0 Å². The van der Waals surface area contributed by atoms with Crippen molar-refractivity contribution in [3.8, 4) is 0 Å². The molecule has 17 heavy (non-hydrogen) atoms. The van der Waals surface area contributed by atoms with E-state index in [0.29, 0.717) is 17.4 Å². The zero-order valence-electron chi connectivity index (χ0n) is 10.6. The predicted octanol–water partition coefficient (Wildman–Crippen LogP) is 0.970. The first-order valence-electron chi connectivity index (χ1n) is 6.50. The molecule has 0 spiro atoms. The van der Waals surface area contributed by atoms with Gasteiger partial charge in [0.05, 0.1) is 18.1 Å². The van der Waals surface area contributed by atoms with Crippen molar-refractivity contribution < 1.29 is 13.2 Å². The molecule has 2 aliphatic heterocycles. The van der Waals surface area contributed by atoms with Crippen LogP contribution in [0.3, 0.4) is 0 Å². The first kappa shape index (κ1) is 13.3. The molecule has 0 aromatic heterocycles.